The van der Waals surface area contributed by atoms with Crippen molar-refractivity contribution in [3.8, 4) is 0 Å². The molecule has 0 aliphatic heterocycles. The summed E-state index contributed by atoms with van der Waals surface area (Å²) >= 11 is 2.28. The van der Waals surface area contributed by atoms with Gasteiger partial charge >= 0.3 is 0 Å². The van der Waals surface area contributed by atoms with Crippen molar-refractivity contribution in [2.75, 3.05) is 0 Å². The van der Waals surface area contributed by atoms with Crippen molar-refractivity contribution in [1.29, 1.82) is 0 Å². The molecule has 1 N–H and O–H groups in total. The Morgan fingerprint density at radius 1 is 1.05 bits per heavy atom. The first kappa shape index (κ1) is 15.6. The predicted molar refractivity (Wildman–Crippen MR) is 93.6 cm³/mol. The molecule has 2 fully saturated rings. The highest BCUT2D eigenvalue weighted by Crippen LogP contribution is 2.38. The number of rotatable bonds is 4. The van der Waals surface area contributed by atoms with Crippen LogP contribution in [0.1, 0.15) is 77.6 Å². The fraction of sp³-hybridized carbons (Fsp3) is 0.842. The molecule has 0 aromatic carbocycles. The zero-order valence-corrected chi connectivity index (χ0v) is 14.4. The van der Waals surface area contributed by atoms with Gasteiger partial charge in [-0.1, -0.05) is 39.0 Å². The summed E-state index contributed by atoms with van der Waals surface area (Å²) in [6.45, 7) is 2.46. The SMILES string of the molecule is CC1CCCCC1S[C@H]1CC=C=C(NC2CCCCC2)C1. The number of allylic oxidation sites excluding steroid dienone is 1. The van der Waals surface area contributed by atoms with E-state index in [1.54, 1.807) is 0 Å². The van der Waals surface area contributed by atoms with Crippen LogP contribution in [0.15, 0.2) is 17.5 Å². The average Bonchev–Trinajstić information content (AvgIpc) is 2.51. The minimum atomic E-state index is 0.729. The van der Waals surface area contributed by atoms with E-state index in [1.807, 2.05) is 0 Å². The second kappa shape index (κ2) is 7.79. The van der Waals surface area contributed by atoms with Gasteiger partial charge in [0.1, 0.15) is 0 Å². The average molecular weight is 306 g/mol. The second-order valence-corrected chi connectivity index (χ2v) is 8.85. The highest BCUT2D eigenvalue weighted by Gasteiger charge is 2.26. The van der Waals surface area contributed by atoms with Crippen LogP contribution in [0.4, 0.5) is 0 Å². The molecule has 3 atom stereocenters. The van der Waals surface area contributed by atoms with Gasteiger partial charge in [-0.3, -0.25) is 0 Å². The fourth-order valence-electron chi connectivity index (χ4n) is 4.11. The summed E-state index contributed by atoms with van der Waals surface area (Å²) in [5, 5.41) is 5.50. The van der Waals surface area contributed by atoms with Gasteiger partial charge < -0.3 is 5.32 Å². The number of thioether (sulfide) groups is 1. The summed E-state index contributed by atoms with van der Waals surface area (Å²) in [5.74, 6) is 0.924. The molecule has 0 saturated heterocycles. The van der Waals surface area contributed by atoms with Gasteiger partial charge in [-0.15, -0.1) is 5.73 Å². The van der Waals surface area contributed by atoms with E-state index in [0.717, 1.165) is 22.5 Å². The van der Waals surface area contributed by atoms with E-state index in [2.05, 4.69) is 35.8 Å². The molecule has 3 aliphatic rings. The molecule has 0 spiro atoms. The predicted octanol–water partition coefficient (Wildman–Crippen LogP) is 5.42. The Morgan fingerprint density at radius 3 is 2.62 bits per heavy atom. The van der Waals surface area contributed by atoms with E-state index in [9.17, 15) is 0 Å². The van der Waals surface area contributed by atoms with E-state index in [-0.39, 0.29) is 0 Å². The second-order valence-electron chi connectivity index (χ2n) is 7.30. The molecule has 2 saturated carbocycles. The normalized spacial score (nSPS) is 34.5. The Bertz CT molecular complexity index is 390. The van der Waals surface area contributed by atoms with E-state index in [4.69, 9.17) is 0 Å². The monoisotopic (exact) mass is 305 g/mol. The highest BCUT2D eigenvalue weighted by atomic mass is 32.2. The Labute approximate surface area is 135 Å². The molecule has 3 rings (SSSR count). The standard InChI is InChI=1S/C19H31NS/c1-15-8-5-6-13-19(15)21-18-12-7-11-17(14-18)20-16-9-3-2-4-10-16/h7,15-16,18-20H,2-6,8-10,12-14H2,1H3/t15?,18-,19?/m0/s1. The van der Waals surface area contributed by atoms with Crippen LogP contribution in [0.5, 0.6) is 0 Å². The molecule has 3 aliphatic carbocycles. The lowest BCUT2D eigenvalue weighted by Gasteiger charge is -2.33. The summed E-state index contributed by atoms with van der Waals surface area (Å²) in [4.78, 5) is 0. The van der Waals surface area contributed by atoms with Crippen LogP contribution in [0.2, 0.25) is 0 Å². The molecular formula is C19H31NS. The van der Waals surface area contributed by atoms with Crippen molar-refractivity contribution in [2.24, 2.45) is 5.92 Å². The quantitative estimate of drug-likeness (QED) is 0.696. The van der Waals surface area contributed by atoms with E-state index in [1.165, 1.54) is 76.3 Å². The molecule has 21 heavy (non-hydrogen) atoms. The molecular weight excluding hydrogens is 274 g/mol. The fourth-order valence-corrected chi connectivity index (χ4v) is 5.78. The Balaban J connectivity index is 1.48. The van der Waals surface area contributed by atoms with E-state index < -0.39 is 0 Å². The van der Waals surface area contributed by atoms with Gasteiger partial charge in [0, 0.05) is 23.0 Å². The maximum atomic E-state index is 3.80. The molecule has 0 radical (unpaired) electrons. The third kappa shape index (κ3) is 4.57. The van der Waals surface area contributed by atoms with Gasteiger partial charge in [-0.2, -0.15) is 11.8 Å². The number of hydrogen-bond acceptors (Lipinski definition) is 2. The Kier molecular flexibility index (Phi) is 5.77. The van der Waals surface area contributed by atoms with Crippen LogP contribution in [0.3, 0.4) is 0 Å². The largest absolute Gasteiger partial charge is 0.379 e. The van der Waals surface area contributed by atoms with Gasteiger partial charge in [-0.25, -0.2) is 0 Å². The van der Waals surface area contributed by atoms with Crippen molar-refractivity contribution < 1.29 is 0 Å². The third-order valence-corrected chi connectivity index (χ3v) is 7.27. The van der Waals surface area contributed by atoms with Crippen molar-refractivity contribution >= 4 is 11.8 Å². The summed E-state index contributed by atoms with van der Waals surface area (Å²) in [6, 6.07) is 0.729. The molecule has 0 aromatic rings. The number of hydrogen-bond donors (Lipinski definition) is 1. The molecule has 1 nitrogen and oxygen atoms in total. The molecule has 0 bridgehead atoms. The van der Waals surface area contributed by atoms with Crippen LogP contribution in [0, 0.1) is 5.92 Å². The lowest BCUT2D eigenvalue weighted by Crippen LogP contribution is -2.32. The van der Waals surface area contributed by atoms with Gasteiger partial charge in [-0.05, 0) is 44.1 Å². The van der Waals surface area contributed by atoms with Crippen LogP contribution in [-0.4, -0.2) is 16.5 Å². The van der Waals surface area contributed by atoms with Crippen LogP contribution in [-0.2, 0) is 0 Å². The topological polar surface area (TPSA) is 12.0 Å². The lowest BCUT2D eigenvalue weighted by atomic mass is 9.90. The summed E-state index contributed by atoms with van der Waals surface area (Å²) < 4.78 is 0. The van der Waals surface area contributed by atoms with Crippen LogP contribution in [0.25, 0.3) is 0 Å². The third-order valence-electron chi connectivity index (χ3n) is 5.47. The molecule has 2 unspecified atom stereocenters. The van der Waals surface area contributed by atoms with Gasteiger partial charge in [0.25, 0.3) is 0 Å². The first-order chi connectivity index (χ1) is 10.3. The Hall–Kier alpha value is -0.330. The lowest BCUT2D eigenvalue weighted by molar-refractivity contribution is 0.390. The van der Waals surface area contributed by atoms with E-state index in [0.29, 0.717) is 0 Å². The van der Waals surface area contributed by atoms with Crippen molar-refractivity contribution in [2.45, 2.75) is 94.1 Å². The summed E-state index contributed by atoms with van der Waals surface area (Å²) in [7, 11) is 0. The first-order valence-electron chi connectivity index (χ1n) is 9.17. The zero-order chi connectivity index (χ0) is 14.5. The maximum absolute atomic E-state index is 3.80. The molecule has 0 amide bonds. The minimum Gasteiger partial charge on any atom is -0.379 e. The highest BCUT2D eigenvalue weighted by molar-refractivity contribution is 8.00. The van der Waals surface area contributed by atoms with Crippen LogP contribution >= 0.6 is 11.8 Å². The van der Waals surface area contributed by atoms with Gasteiger partial charge in [0.05, 0.1) is 5.70 Å². The Morgan fingerprint density at radius 2 is 1.81 bits per heavy atom. The van der Waals surface area contributed by atoms with Crippen molar-refractivity contribution in [3.63, 3.8) is 0 Å². The summed E-state index contributed by atoms with van der Waals surface area (Å²) in [6.07, 6.45) is 17.5. The number of nitrogens with one attached hydrogen (secondary N) is 1. The first-order valence-corrected chi connectivity index (χ1v) is 10.1. The van der Waals surface area contributed by atoms with Gasteiger partial charge in [0.2, 0.25) is 0 Å². The zero-order valence-electron chi connectivity index (χ0n) is 13.6. The molecule has 0 aromatic heterocycles. The van der Waals surface area contributed by atoms with E-state index >= 15 is 0 Å². The van der Waals surface area contributed by atoms with Crippen LogP contribution < -0.4 is 5.32 Å². The molecule has 118 valence electrons. The van der Waals surface area contributed by atoms with Gasteiger partial charge in [0.15, 0.2) is 0 Å². The summed E-state index contributed by atoms with van der Waals surface area (Å²) in [5.41, 5.74) is 4.91. The minimum absolute atomic E-state index is 0.729. The smallest absolute Gasteiger partial charge is 0.0548 e. The molecule has 0 heterocycles. The maximum Gasteiger partial charge on any atom is 0.0548 e. The molecule has 2 heteroatoms. The van der Waals surface area contributed by atoms with Crippen molar-refractivity contribution in [1.82, 2.24) is 5.32 Å². The van der Waals surface area contributed by atoms with Crippen molar-refractivity contribution in [3.05, 3.63) is 17.5 Å².